The van der Waals surface area contributed by atoms with Crippen LogP contribution in [-0.4, -0.2) is 5.91 Å². The lowest BCUT2D eigenvalue weighted by atomic mass is 9.88. The van der Waals surface area contributed by atoms with Gasteiger partial charge in [0.15, 0.2) is 0 Å². The molecule has 1 aliphatic carbocycles. The lowest BCUT2D eigenvalue weighted by Crippen LogP contribution is -2.28. The first-order chi connectivity index (χ1) is 6.77. The van der Waals surface area contributed by atoms with E-state index in [-0.39, 0.29) is 11.9 Å². The van der Waals surface area contributed by atoms with Gasteiger partial charge in [-0.1, -0.05) is 24.3 Å². The molecule has 1 aliphatic rings. The molecule has 1 aromatic rings. The molecule has 14 heavy (non-hydrogen) atoms. The molecule has 1 atom stereocenters. The molecular weight excluding hydrogens is 174 g/mol. The summed E-state index contributed by atoms with van der Waals surface area (Å²) in [5.74, 6) is 0.0618. The zero-order valence-corrected chi connectivity index (χ0v) is 8.42. The van der Waals surface area contributed by atoms with Crippen LogP contribution in [0.3, 0.4) is 0 Å². The van der Waals surface area contributed by atoms with Gasteiger partial charge in [-0.25, -0.2) is 0 Å². The van der Waals surface area contributed by atoms with Crippen LogP contribution in [0, 0.1) is 0 Å². The Morgan fingerprint density at radius 2 is 2.21 bits per heavy atom. The molecule has 1 N–H and O–H groups in total. The van der Waals surface area contributed by atoms with Crippen molar-refractivity contribution in [3.63, 3.8) is 0 Å². The maximum absolute atomic E-state index is 11.0. The summed E-state index contributed by atoms with van der Waals surface area (Å²) in [6.45, 7) is 1.58. The molecule has 0 radical (unpaired) electrons. The quantitative estimate of drug-likeness (QED) is 0.721. The minimum absolute atomic E-state index is 0.0618. The van der Waals surface area contributed by atoms with Crippen LogP contribution in [0.25, 0.3) is 0 Å². The summed E-state index contributed by atoms with van der Waals surface area (Å²) in [5.41, 5.74) is 2.69. The molecule has 2 heteroatoms. The number of benzene rings is 1. The molecule has 0 fully saturated rings. The van der Waals surface area contributed by atoms with E-state index >= 15 is 0 Å². The molecule has 2 rings (SSSR count). The predicted octanol–water partition coefficient (Wildman–Crippen LogP) is 2.20. The van der Waals surface area contributed by atoms with Gasteiger partial charge >= 0.3 is 0 Å². The fourth-order valence-electron chi connectivity index (χ4n) is 2.15. The normalized spacial score (nSPS) is 19.9. The summed E-state index contributed by atoms with van der Waals surface area (Å²) in [5, 5.41) is 3.00. The second-order valence-corrected chi connectivity index (χ2v) is 3.84. The van der Waals surface area contributed by atoms with Gasteiger partial charge in [0, 0.05) is 6.92 Å². The summed E-state index contributed by atoms with van der Waals surface area (Å²) in [6.07, 6.45) is 3.38. The molecule has 1 amide bonds. The van der Waals surface area contributed by atoms with Crippen LogP contribution < -0.4 is 5.32 Å². The molecule has 0 saturated carbocycles. The van der Waals surface area contributed by atoms with Crippen molar-refractivity contribution in [1.82, 2.24) is 5.32 Å². The topological polar surface area (TPSA) is 29.1 Å². The van der Waals surface area contributed by atoms with Crippen molar-refractivity contribution in [2.75, 3.05) is 0 Å². The SMILES string of the molecule is CC(=O)N[C@H]1CCCc2ccccc21. The number of fused-ring (bicyclic) bond motifs is 1. The van der Waals surface area contributed by atoms with Gasteiger partial charge in [-0.05, 0) is 30.4 Å². The van der Waals surface area contributed by atoms with Crippen molar-refractivity contribution < 1.29 is 4.79 Å². The van der Waals surface area contributed by atoms with E-state index in [0.717, 1.165) is 12.8 Å². The number of nitrogens with one attached hydrogen (secondary N) is 1. The van der Waals surface area contributed by atoms with Gasteiger partial charge in [0.1, 0.15) is 0 Å². The third kappa shape index (κ3) is 1.79. The number of hydrogen-bond acceptors (Lipinski definition) is 1. The third-order valence-corrected chi connectivity index (χ3v) is 2.75. The number of carbonyl (C=O) groups is 1. The predicted molar refractivity (Wildman–Crippen MR) is 55.9 cm³/mol. The second-order valence-electron chi connectivity index (χ2n) is 3.84. The molecule has 0 bridgehead atoms. The Morgan fingerprint density at radius 3 is 3.00 bits per heavy atom. The van der Waals surface area contributed by atoms with Gasteiger partial charge in [0.2, 0.25) is 5.91 Å². The summed E-state index contributed by atoms with van der Waals surface area (Å²) >= 11 is 0. The van der Waals surface area contributed by atoms with Crippen molar-refractivity contribution in [3.05, 3.63) is 35.4 Å². The number of aryl methyl sites for hydroxylation is 1. The van der Waals surface area contributed by atoms with Gasteiger partial charge in [-0.3, -0.25) is 4.79 Å². The largest absolute Gasteiger partial charge is 0.350 e. The number of hydrogen-bond donors (Lipinski definition) is 1. The van der Waals surface area contributed by atoms with Crippen molar-refractivity contribution in [3.8, 4) is 0 Å². The van der Waals surface area contributed by atoms with Crippen LogP contribution in [0.5, 0.6) is 0 Å². The van der Waals surface area contributed by atoms with Gasteiger partial charge in [-0.15, -0.1) is 0 Å². The van der Waals surface area contributed by atoms with Crippen LogP contribution in [0.2, 0.25) is 0 Å². The fourth-order valence-corrected chi connectivity index (χ4v) is 2.15. The minimum atomic E-state index is 0.0618. The zero-order valence-electron chi connectivity index (χ0n) is 8.42. The van der Waals surface area contributed by atoms with E-state index in [9.17, 15) is 4.79 Å². The molecular formula is C12H15NO. The van der Waals surface area contributed by atoms with E-state index in [1.54, 1.807) is 6.92 Å². The maximum Gasteiger partial charge on any atom is 0.217 e. The highest BCUT2D eigenvalue weighted by molar-refractivity contribution is 5.73. The lowest BCUT2D eigenvalue weighted by Gasteiger charge is -2.25. The average molecular weight is 189 g/mol. The number of amides is 1. The molecule has 74 valence electrons. The fraction of sp³-hybridized carbons (Fsp3) is 0.417. The van der Waals surface area contributed by atoms with Crippen LogP contribution in [0.15, 0.2) is 24.3 Å². The van der Waals surface area contributed by atoms with E-state index < -0.39 is 0 Å². The summed E-state index contributed by atoms with van der Waals surface area (Å²) in [6, 6.07) is 8.62. The highest BCUT2D eigenvalue weighted by Crippen LogP contribution is 2.29. The Labute approximate surface area is 84.3 Å². The summed E-state index contributed by atoms with van der Waals surface area (Å²) < 4.78 is 0. The number of carbonyl (C=O) groups excluding carboxylic acids is 1. The van der Waals surface area contributed by atoms with Crippen LogP contribution in [0.1, 0.15) is 36.9 Å². The first-order valence-corrected chi connectivity index (χ1v) is 5.12. The van der Waals surface area contributed by atoms with E-state index in [2.05, 4.69) is 23.5 Å². The Morgan fingerprint density at radius 1 is 1.43 bits per heavy atom. The first-order valence-electron chi connectivity index (χ1n) is 5.12. The summed E-state index contributed by atoms with van der Waals surface area (Å²) in [4.78, 5) is 11.0. The Balaban J connectivity index is 2.26. The Hall–Kier alpha value is -1.31. The Kier molecular flexibility index (Phi) is 2.53. The summed E-state index contributed by atoms with van der Waals surface area (Å²) in [7, 11) is 0. The molecule has 0 spiro atoms. The lowest BCUT2D eigenvalue weighted by molar-refractivity contribution is -0.119. The highest BCUT2D eigenvalue weighted by atomic mass is 16.1. The molecule has 1 aromatic carbocycles. The van der Waals surface area contributed by atoms with Crippen molar-refractivity contribution >= 4 is 5.91 Å². The monoisotopic (exact) mass is 189 g/mol. The van der Waals surface area contributed by atoms with Crippen LogP contribution in [-0.2, 0) is 11.2 Å². The molecule has 2 nitrogen and oxygen atoms in total. The van der Waals surface area contributed by atoms with Crippen molar-refractivity contribution in [1.29, 1.82) is 0 Å². The molecule has 0 aliphatic heterocycles. The minimum Gasteiger partial charge on any atom is -0.350 e. The average Bonchev–Trinajstić information content (AvgIpc) is 2.18. The van der Waals surface area contributed by atoms with E-state index in [1.165, 1.54) is 17.5 Å². The third-order valence-electron chi connectivity index (χ3n) is 2.75. The van der Waals surface area contributed by atoms with E-state index in [4.69, 9.17) is 0 Å². The van der Waals surface area contributed by atoms with Crippen LogP contribution in [0.4, 0.5) is 0 Å². The maximum atomic E-state index is 11.0. The molecule has 0 unspecified atom stereocenters. The van der Waals surface area contributed by atoms with E-state index in [1.807, 2.05) is 6.07 Å². The Bertz CT molecular complexity index is 346. The van der Waals surface area contributed by atoms with Gasteiger partial charge in [0.05, 0.1) is 6.04 Å². The first kappa shape index (κ1) is 9.25. The number of rotatable bonds is 1. The molecule has 0 aromatic heterocycles. The van der Waals surface area contributed by atoms with Crippen molar-refractivity contribution in [2.45, 2.75) is 32.2 Å². The standard InChI is InChI=1S/C12H15NO/c1-9(14)13-12-8-4-6-10-5-2-3-7-11(10)12/h2-3,5,7,12H,4,6,8H2,1H3,(H,13,14)/t12-/m0/s1. The van der Waals surface area contributed by atoms with E-state index in [0.29, 0.717) is 0 Å². The van der Waals surface area contributed by atoms with Gasteiger partial charge in [0.25, 0.3) is 0 Å². The zero-order chi connectivity index (χ0) is 9.97. The van der Waals surface area contributed by atoms with Gasteiger partial charge in [-0.2, -0.15) is 0 Å². The molecule has 0 heterocycles. The van der Waals surface area contributed by atoms with Crippen molar-refractivity contribution in [2.24, 2.45) is 0 Å². The smallest absolute Gasteiger partial charge is 0.217 e. The van der Waals surface area contributed by atoms with Gasteiger partial charge < -0.3 is 5.32 Å². The molecule has 0 saturated heterocycles. The second kappa shape index (κ2) is 3.82. The van der Waals surface area contributed by atoms with Crippen LogP contribution >= 0.6 is 0 Å². The highest BCUT2D eigenvalue weighted by Gasteiger charge is 2.19.